The van der Waals surface area contributed by atoms with Gasteiger partial charge >= 0.3 is 6.18 Å². The molecule has 2 aromatic heterocycles. The van der Waals surface area contributed by atoms with E-state index in [-0.39, 0.29) is 19.3 Å². The molecule has 192 valence electrons. The number of carbonyl (C=O) groups excluding carboxylic acids is 1. The second kappa shape index (κ2) is 11.8. The predicted octanol–water partition coefficient (Wildman–Crippen LogP) is 4.43. The number of rotatable bonds is 6. The number of hydrogen-bond donors (Lipinski definition) is 0. The molecule has 0 unspecified atom stereocenters. The lowest BCUT2D eigenvalue weighted by Gasteiger charge is -2.37. The first kappa shape index (κ1) is 26.9. The first-order valence-electron chi connectivity index (χ1n) is 12.0. The van der Waals surface area contributed by atoms with Crippen LogP contribution in [0, 0.1) is 12.8 Å². The highest BCUT2D eigenvalue weighted by Crippen LogP contribution is 2.30. The van der Waals surface area contributed by atoms with Gasteiger partial charge in [-0.15, -0.1) is 0 Å². The van der Waals surface area contributed by atoms with Crippen molar-refractivity contribution in [1.82, 2.24) is 19.8 Å². The summed E-state index contributed by atoms with van der Waals surface area (Å²) in [4.78, 5) is 27.5. The second-order valence-corrected chi connectivity index (χ2v) is 9.37. The molecule has 2 aliphatic rings. The molecule has 0 radical (unpaired) electrons. The summed E-state index contributed by atoms with van der Waals surface area (Å²) in [5.74, 6) is 0.298. The molecule has 4 heterocycles. The number of nitrogens with zero attached hydrogens (tertiary/aromatic N) is 5. The third kappa shape index (κ3) is 7.40. The van der Waals surface area contributed by atoms with Crippen LogP contribution in [-0.4, -0.2) is 71.5 Å². The fraction of sp³-hybridized carbons (Fsp3) is 0.577. The van der Waals surface area contributed by atoms with Gasteiger partial charge in [-0.3, -0.25) is 19.7 Å². The molecule has 0 N–H and O–H groups in total. The minimum atomic E-state index is -4.39. The Labute approximate surface area is 206 Å². The van der Waals surface area contributed by atoms with Gasteiger partial charge in [0.05, 0.1) is 17.4 Å². The van der Waals surface area contributed by atoms with E-state index in [1.54, 1.807) is 0 Å². The lowest BCUT2D eigenvalue weighted by Crippen LogP contribution is -2.48. The Balaban J connectivity index is 0.00000342. The van der Waals surface area contributed by atoms with Crippen molar-refractivity contribution in [2.75, 3.05) is 50.7 Å². The van der Waals surface area contributed by atoms with E-state index in [2.05, 4.69) is 25.8 Å². The van der Waals surface area contributed by atoms with Gasteiger partial charge in [0.1, 0.15) is 0 Å². The lowest BCUT2D eigenvalue weighted by molar-refractivity contribution is -0.138. The number of piperidine rings is 1. The quantitative estimate of drug-likeness (QED) is 0.598. The van der Waals surface area contributed by atoms with Crippen molar-refractivity contribution in [1.29, 1.82) is 0 Å². The van der Waals surface area contributed by atoms with Crippen LogP contribution in [0.3, 0.4) is 0 Å². The van der Waals surface area contributed by atoms with Crippen molar-refractivity contribution in [3.63, 3.8) is 0 Å². The predicted molar refractivity (Wildman–Crippen MR) is 131 cm³/mol. The molecule has 2 saturated heterocycles. The average molecular weight is 492 g/mol. The zero-order valence-corrected chi connectivity index (χ0v) is 19.6. The van der Waals surface area contributed by atoms with E-state index < -0.39 is 11.7 Å². The highest BCUT2D eigenvalue weighted by atomic mass is 19.4. The van der Waals surface area contributed by atoms with Crippen LogP contribution in [-0.2, 0) is 17.4 Å². The molecule has 0 aromatic carbocycles. The molecule has 0 aliphatic carbocycles. The van der Waals surface area contributed by atoms with Crippen LogP contribution in [0.25, 0.3) is 0 Å². The smallest absolute Gasteiger partial charge is 0.368 e. The zero-order chi connectivity index (χ0) is 24.1. The highest BCUT2D eigenvalue weighted by molar-refractivity contribution is 5.76. The number of piperazine rings is 1. The molecular weight excluding hydrogens is 455 g/mol. The Hall–Kier alpha value is -2.68. The summed E-state index contributed by atoms with van der Waals surface area (Å²) in [5, 5.41) is 0. The Morgan fingerprint density at radius 2 is 1.86 bits per heavy atom. The summed E-state index contributed by atoms with van der Waals surface area (Å²) >= 11 is 0. The third-order valence-electron chi connectivity index (χ3n) is 6.79. The summed E-state index contributed by atoms with van der Waals surface area (Å²) in [6, 6.07) is 5.31. The van der Waals surface area contributed by atoms with Crippen molar-refractivity contribution in [2.24, 2.45) is 5.92 Å². The Kier molecular flexibility index (Phi) is 9.10. The van der Waals surface area contributed by atoms with Gasteiger partial charge < -0.3 is 9.80 Å². The Bertz CT molecular complexity index is 958. The minimum absolute atomic E-state index is 0. The van der Waals surface area contributed by atoms with Crippen LogP contribution < -0.4 is 4.90 Å². The van der Waals surface area contributed by atoms with Gasteiger partial charge in [-0.25, -0.2) is 0 Å². The number of aromatic nitrogens is 2. The average Bonchev–Trinajstić information content (AvgIpc) is 2.83. The lowest BCUT2D eigenvalue weighted by atomic mass is 9.91. The van der Waals surface area contributed by atoms with E-state index in [1.807, 2.05) is 24.1 Å². The minimum Gasteiger partial charge on any atom is -0.368 e. The van der Waals surface area contributed by atoms with E-state index in [4.69, 9.17) is 0 Å². The number of halogens is 3. The van der Waals surface area contributed by atoms with Gasteiger partial charge in [-0.1, -0.05) is 7.43 Å². The zero-order valence-electron chi connectivity index (χ0n) is 19.6. The maximum absolute atomic E-state index is 13.0. The summed E-state index contributed by atoms with van der Waals surface area (Å²) in [7, 11) is 0. The van der Waals surface area contributed by atoms with Gasteiger partial charge in [0.15, 0.2) is 0 Å². The van der Waals surface area contributed by atoms with Gasteiger partial charge in [0.2, 0.25) is 5.91 Å². The molecule has 1 atom stereocenters. The molecule has 9 heteroatoms. The van der Waals surface area contributed by atoms with Gasteiger partial charge in [-0.2, -0.15) is 13.2 Å². The molecule has 2 fully saturated rings. The van der Waals surface area contributed by atoms with Crippen LogP contribution in [0.2, 0.25) is 0 Å². The maximum Gasteiger partial charge on any atom is 0.417 e. The largest absolute Gasteiger partial charge is 0.417 e. The molecular formula is C26H36F3N5O. The van der Waals surface area contributed by atoms with Crippen molar-refractivity contribution in [3.05, 3.63) is 53.6 Å². The van der Waals surface area contributed by atoms with Crippen molar-refractivity contribution in [2.45, 2.75) is 46.2 Å². The standard InChI is InChI=1S/C25H32F3N5O.CH4/c1-19-4-5-23(17-30-19)32-11-9-31(10-12-32)8-6-24(34)33-7-2-3-20(18-33)13-21-14-22(16-29-15-21)25(26,27)28;/h4-5,14-17,20H,2-3,6-13,18H2,1H3;1H4/t20-;/m1./s1. The third-order valence-corrected chi connectivity index (χ3v) is 6.79. The number of carbonyl (C=O) groups is 1. The van der Waals surface area contributed by atoms with Crippen LogP contribution in [0.4, 0.5) is 18.9 Å². The molecule has 35 heavy (non-hydrogen) atoms. The number of pyridine rings is 2. The maximum atomic E-state index is 13.0. The van der Waals surface area contributed by atoms with E-state index in [0.717, 1.165) is 69.7 Å². The highest BCUT2D eigenvalue weighted by Gasteiger charge is 2.31. The van der Waals surface area contributed by atoms with Crippen molar-refractivity contribution >= 4 is 11.6 Å². The molecule has 4 rings (SSSR count). The summed E-state index contributed by atoms with van der Waals surface area (Å²) in [6.07, 6.45) is 2.67. The van der Waals surface area contributed by atoms with Crippen LogP contribution in [0.5, 0.6) is 0 Å². The number of aryl methyl sites for hydroxylation is 1. The summed E-state index contributed by atoms with van der Waals surface area (Å²) in [5.41, 5.74) is 2.01. The van der Waals surface area contributed by atoms with Crippen LogP contribution in [0.15, 0.2) is 36.8 Å². The normalized spacial score (nSPS) is 19.4. The Morgan fingerprint density at radius 1 is 1.09 bits per heavy atom. The molecule has 6 nitrogen and oxygen atoms in total. The summed E-state index contributed by atoms with van der Waals surface area (Å²) in [6.45, 7) is 7.68. The van der Waals surface area contributed by atoms with E-state index in [9.17, 15) is 18.0 Å². The molecule has 2 aromatic rings. The molecule has 0 spiro atoms. The first-order chi connectivity index (χ1) is 16.3. The molecule has 2 aliphatic heterocycles. The number of alkyl halides is 3. The monoisotopic (exact) mass is 491 g/mol. The second-order valence-electron chi connectivity index (χ2n) is 9.37. The Morgan fingerprint density at radius 3 is 2.54 bits per heavy atom. The molecule has 0 saturated carbocycles. The molecule has 0 bridgehead atoms. The molecule has 1 amide bonds. The fourth-order valence-electron chi connectivity index (χ4n) is 4.83. The van der Waals surface area contributed by atoms with Crippen molar-refractivity contribution in [3.8, 4) is 0 Å². The fourth-order valence-corrected chi connectivity index (χ4v) is 4.83. The van der Waals surface area contributed by atoms with E-state index in [0.29, 0.717) is 24.9 Å². The SMILES string of the molecule is C.Cc1ccc(N2CCN(CCC(=O)N3CCC[C@H](Cc4cncc(C(F)(F)F)c4)C3)CC2)cn1. The number of anilines is 1. The van der Waals surface area contributed by atoms with Crippen molar-refractivity contribution < 1.29 is 18.0 Å². The van der Waals surface area contributed by atoms with E-state index >= 15 is 0 Å². The van der Waals surface area contributed by atoms with Crippen LogP contribution in [0.1, 0.15) is 43.5 Å². The van der Waals surface area contributed by atoms with Gasteiger partial charge in [0.25, 0.3) is 0 Å². The van der Waals surface area contributed by atoms with Crippen LogP contribution >= 0.6 is 0 Å². The number of amides is 1. The number of hydrogen-bond acceptors (Lipinski definition) is 5. The van der Waals surface area contributed by atoms with E-state index in [1.165, 1.54) is 12.3 Å². The topological polar surface area (TPSA) is 52.6 Å². The first-order valence-corrected chi connectivity index (χ1v) is 12.0. The van der Waals surface area contributed by atoms with Gasteiger partial charge in [0, 0.05) is 70.3 Å². The van der Waals surface area contributed by atoms with Gasteiger partial charge in [-0.05, 0) is 55.9 Å². The summed E-state index contributed by atoms with van der Waals surface area (Å²) < 4.78 is 38.9. The number of likely N-dealkylation sites (tertiary alicyclic amines) is 1.